The highest BCUT2D eigenvalue weighted by molar-refractivity contribution is 6.31. The molecule has 1 heterocycles. The van der Waals surface area contributed by atoms with Gasteiger partial charge in [0.2, 0.25) is 0 Å². The molecule has 0 spiro atoms. The summed E-state index contributed by atoms with van der Waals surface area (Å²) in [7, 11) is 2.08. The monoisotopic (exact) mass is 241 g/mol. The van der Waals surface area contributed by atoms with Gasteiger partial charge in [-0.15, -0.1) is 0 Å². The third-order valence-corrected chi connectivity index (χ3v) is 2.85. The number of aromatic nitrogens is 1. The van der Waals surface area contributed by atoms with Crippen molar-refractivity contribution in [3.05, 3.63) is 22.8 Å². The second-order valence-corrected chi connectivity index (χ2v) is 4.52. The molecule has 0 bridgehead atoms. The Bertz CT molecular complexity index is 328. The number of hydrogen-bond donors (Lipinski definition) is 1. The number of unbranched alkanes of at least 4 members (excludes halogenated alkanes) is 2. The van der Waals surface area contributed by atoms with Crippen molar-refractivity contribution in [1.29, 1.82) is 0 Å². The number of nitrogen functional groups attached to an aromatic ring is 1. The largest absolute Gasteiger partial charge is 0.384 e. The van der Waals surface area contributed by atoms with E-state index in [-0.39, 0.29) is 0 Å². The zero-order chi connectivity index (χ0) is 12.0. The molecule has 0 atom stereocenters. The molecule has 0 amide bonds. The lowest BCUT2D eigenvalue weighted by Crippen LogP contribution is -2.20. The molecule has 0 aromatic carbocycles. The topological polar surface area (TPSA) is 42.2 Å². The number of rotatable bonds is 6. The first-order chi connectivity index (χ1) is 7.63. The van der Waals surface area contributed by atoms with Gasteiger partial charge in [-0.1, -0.05) is 31.4 Å². The average molecular weight is 242 g/mol. The SMILES string of the molecule is CCCCCN(C)Cc1nc(N)ccc1Cl. The first-order valence-corrected chi connectivity index (χ1v) is 6.10. The molecule has 0 aliphatic rings. The molecule has 1 aromatic heterocycles. The van der Waals surface area contributed by atoms with E-state index in [4.69, 9.17) is 17.3 Å². The number of nitrogens with zero attached hydrogens (tertiary/aromatic N) is 2. The second kappa shape index (κ2) is 6.71. The van der Waals surface area contributed by atoms with Gasteiger partial charge in [0.05, 0.1) is 10.7 Å². The minimum Gasteiger partial charge on any atom is -0.384 e. The van der Waals surface area contributed by atoms with Crippen molar-refractivity contribution in [3.63, 3.8) is 0 Å². The Morgan fingerprint density at radius 1 is 1.38 bits per heavy atom. The van der Waals surface area contributed by atoms with Crippen LogP contribution in [0, 0.1) is 0 Å². The molecule has 2 N–H and O–H groups in total. The summed E-state index contributed by atoms with van der Waals surface area (Å²) in [5, 5.41) is 0.691. The van der Waals surface area contributed by atoms with Crippen molar-refractivity contribution in [2.45, 2.75) is 32.7 Å². The van der Waals surface area contributed by atoms with Gasteiger partial charge in [0.15, 0.2) is 0 Å². The molecule has 0 radical (unpaired) electrons. The van der Waals surface area contributed by atoms with Gasteiger partial charge in [-0.05, 0) is 32.1 Å². The lowest BCUT2D eigenvalue weighted by Gasteiger charge is -2.16. The minimum absolute atomic E-state index is 0.529. The van der Waals surface area contributed by atoms with Gasteiger partial charge in [0.1, 0.15) is 5.82 Å². The molecule has 0 saturated carbocycles. The van der Waals surface area contributed by atoms with Crippen molar-refractivity contribution < 1.29 is 0 Å². The molecule has 0 aliphatic heterocycles. The van der Waals surface area contributed by atoms with Crippen LogP contribution in [0.2, 0.25) is 5.02 Å². The fourth-order valence-electron chi connectivity index (χ4n) is 1.58. The Balaban J connectivity index is 2.48. The molecule has 1 aromatic rings. The molecule has 4 heteroatoms. The second-order valence-electron chi connectivity index (χ2n) is 4.11. The van der Waals surface area contributed by atoms with E-state index in [2.05, 4.69) is 23.9 Å². The van der Waals surface area contributed by atoms with Crippen molar-refractivity contribution >= 4 is 17.4 Å². The van der Waals surface area contributed by atoms with Crippen molar-refractivity contribution in [1.82, 2.24) is 9.88 Å². The first-order valence-electron chi connectivity index (χ1n) is 5.73. The number of nitrogens with two attached hydrogens (primary N) is 1. The summed E-state index contributed by atoms with van der Waals surface area (Å²) in [6.07, 6.45) is 3.72. The Kier molecular flexibility index (Phi) is 5.56. The minimum atomic E-state index is 0.529. The van der Waals surface area contributed by atoms with E-state index < -0.39 is 0 Å². The number of pyridine rings is 1. The van der Waals surface area contributed by atoms with E-state index in [1.165, 1.54) is 19.3 Å². The lowest BCUT2D eigenvalue weighted by molar-refractivity contribution is 0.314. The molecule has 16 heavy (non-hydrogen) atoms. The molecular formula is C12H20ClN3. The van der Waals surface area contributed by atoms with Crippen LogP contribution >= 0.6 is 11.6 Å². The summed E-state index contributed by atoms with van der Waals surface area (Å²) in [6, 6.07) is 3.53. The third kappa shape index (κ3) is 4.37. The van der Waals surface area contributed by atoms with E-state index in [1.54, 1.807) is 12.1 Å². The standard InChI is InChI=1S/C12H20ClN3/c1-3-4-5-8-16(2)9-11-10(13)6-7-12(14)15-11/h6-7H,3-5,8-9H2,1-2H3,(H2,14,15). The van der Waals surface area contributed by atoms with Gasteiger partial charge in [-0.25, -0.2) is 4.98 Å². The molecule has 0 fully saturated rings. The molecule has 0 aliphatic carbocycles. The number of halogens is 1. The highest BCUT2D eigenvalue weighted by Gasteiger charge is 2.06. The first kappa shape index (κ1) is 13.3. The molecule has 3 nitrogen and oxygen atoms in total. The highest BCUT2D eigenvalue weighted by atomic mass is 35.5. The Labute approximate surface area is 103 Å². The third-order valence-electron chi connectivity index (χ3n) is 2.50. The van der Waals surface area contributed by atoms with Gasteiger partial charge >= 0.3 is 0 Å². The van der Waals surface area contributed by atoms with Crippen LogP contribution in [0.3, 0.4) is 0 Å². The number of hydrogen-bond acceptors (Lipinski definition) is 3. The van der Waals surface area contributed by atoms with Crippen molar-refractivity contribution in [2.75, 3.05) is 19.3 Å². The van der Waals surface area contributed by atoms with Gasteiger partial charge in [-0.3, -0.25) is 0 Å². The van der Waals surface area contributed by atoms with E-state index in [9.17, 15) is 0 Å². The highest BCUT2D eigenvalue weighted by Crippen LogP contribution is 2.16. The van der Waals surface area contributed by atoms with E-state index >= 15 is 0 Å². The summed E-state index contributed by atoms with van der Waals surface area (Å²) >= 11 is 6.06. The normalized spacial score (nSPS) is 11.0. The predicted molar refractivity (Wildman–Crippen MR) is 69.5 cm³/mol. The quantitative estimate of drug-likeness (QED) is 0.779. The van der Waals surface area contributed by atoms with Gasteiger partial charge in [-0.2, -0.15) is 0 Å². The zero-order valence-corrected chi connectivity index (χ0v) is 10.8. The van der Waals surface area contributed by atoms with Crippen molar-refractivity contribution in [3.8, 4) is 0 Å². The van der Waals surface area contributed by atoms with E-state index in [0.717, 1.165) is 18.8 Å². The van der Waals surface area contributed by atoms with Crippen LogP contribution in [-0.4, -0.2) is 23.5 Å². The summed E-state index contributed by atoms with van der Waals surface area (Å²) in [5.41, 5.74) is 6.50. The van der Waals surface area contributed by atoms with Crippen LogP contribution in [0.1, 0.15) is 31.9 Å². The molecule has 1 rings (SSSR count). The predicted octanol–water partition coefficient (Wildman–Crippen LogP) is 2.94. The maximum Gasteiger partial charge on any atom is 0.123 e. The molecule has 0 saturated heterocycles. The Hall–Kier alpha value is -0.800. The smallest absolute Gasteiger partial charge is 0.123 e. The van der Waals surface area contributed by atoms with Crippen LogP contribution in [-0.2, 0) is 6.54 Å². The van der Waals surface area contributed by atoms with Gasteiger partial charge in [0, 0.05) is 6.54 Å². The zero-order valence-electron chi connectivity index (χ0n) is 10.0. The fourth-order valence-corrected chi connectivity index (χ4v) is 1.74. The molecular weight excluding hydrogens is 222 g/mol. The fraction of sp³-hybridized carbons (Fsp3) is 0.583. The van der Waals surface area contributed by atoms with Crippen LogP contribution in [0.15, 0.2) is 12.1 Å². The Morgan fingerprint density at radius 2 is 2.12 bits per heavy atom. The van der Waals surface area contributed by atoms with E-state index in [1.807, 2.05) is 0 Å². The molecule has 90 valence electrons. The van der Waals surface area contributed by atoms with Crippen LogP contribution < -0.4 is 5.73 Å². The van der Waals surface area contributed by atoms with Crippen molar-refractivity contribution in [2.24, 2.45) is 0 Å². The van der Waals surface area contributed by atoms with Crippen LogP contribution in [0.25, 0.3) is 0 Å². The Morgan fingerprint density at radius 3 is 2.81 bits per heavy atom. The summed E-state index contributed by atoms with van der Waals surface area (Å²) in [5.74, 6) is 0.529. The average Bonchev–Trinajstić information content (AvgIpc) is 2.24. The number of anilines is 1. The van der Waals surface area contributed by atoms with Crippen LogP contribution in [0.5, 0.6) is 0 Å². The summed E-state index contributed by atoms with van der Waals surface area (Å²) in [4.78, 5) is 6.47. The van der Waals surface area contributed by atoms with E-state index in [0.29, 0.717) is 10.8 Å². The molecule has 0 unspecified atom stereocenters. The summed E-state index contributed by atoms with van der Waals surface area (Å²) in [6.45, 7) is 4.03. The van der Waals surface area contributed by atoms with Gasteiger partial charge < -0.3 is 10.6 Å². The summed E-state index contributed by atoms with van der Waals surface area (Å²) < 4.78 is 0. The van der Waals surface area contributed by atoms with Gasteiger partial charge in [0.25, 0.3) is 0 Å². The lowest BCUT2D eigenvalue weighted by atomic mass is 10.2. The maximum absolute atomic E-state index is 6.06. The van der Waals surface area contributed by atoms with Crippen LogP contribution in [0.4, 0.5) is 5.82 Å². The maximum atomic E-state index is 6.06.